The van der Waals surface area contributed by atoms with Crippen LogP contribution in [0.4, 0.5) is 0 Å². The molecule has 2 rings (SSSR count). The monoisotopic (exact) mass is 206 g/mol. The number of benzene rings is 1. The Hall–Kier alpha value is -0.600. The van der Waals surface area contributed by atoms with Gasteiger partial charge in [-0.15, -0.1) is 25.3 Å². The van der Waals surface area contributed by atoms with Gasteiger partial charge in [-0.25, -0.2) is 0 Å². The minimum absolute atomic E-state index is 0.892. The van der Waals surface area contributed by atoms with Crippen molar-refractivity contribution in [3.05, 3.63) is 42.0 Å². The minimum atomic E-state index is 0.892. The van der Waals surface area contributed by atoms with Crippen LogP contribution in [0.5, 0.6) is 0 Å². The van der Waals surface area contributed by atoms with Crippen LogP contribution in [-0.2, 0) is 0 Å². The molecule has 0 saturated heterocycles. The maximum absolute atomic E-state index is 4.42. The van der Waals surface area contributed by atoms with Crippen molar-refractivity contribution in [2.24, 2.45) is 0 Å². The standard InChI is InChI=1S/C11H10S2/c1-7-5-6-10(13)11-8(7)3-2-4-9(11)12/h2-4,6,12-13H,1,5H2. The fourth-order valence-corrected chi connectivity index (χ4v) is 2.28. The lowest BCUT2D eigenvalue weighted by Crippen LogP contribution is -1.96. The molecule has 1 aromatic rings. The lowest BCUT2D eigenvalue weighted by molar-refractivity contribution is 1.30. The smallest absolute Gasteiger partial charge is 0.0130 e. The first-order chi connectivity index (χ1) is 6.20. The average molecular weight is 206 g/mol. The molecule has 13 heavy (non-hydrogen) atoms. The Bertz CT molecular complexity index is 403. The highest BCUT2D eigenvalue weighted by Gasteiger charge is 2.14. The van der Waals surface area contributed by atoms with Crippen molar-refractivity contribution in [3.63, 3.8) is 0 Å². The summed E-state index contributed by atoms with van der Waals surface area (Å²) in [5.41, 5.74) is 3.44. The molecule has 0 spiro atoms. The molecule has 0 aliphatic heterocycles. The average Bonchev–Trinajstić information content (AvgIpc) is 2.12. The second-order valence-electron chi connectivity index (χ2n) is 3.10. The zero-order valence-electron chi connectivity index (χ0n) is 7.12. The molecule has 0 heterocycles. The van der Waals surface area contributed by atoms with Crippen LogP contribution < -0.4 is 0 Å². The van der Waals surface area contributed by atoms with Gasteiger partial charge in [0.2, 0.25) is 0 Å². The van der Waals surface area contributed by atoms with E-state index in [0.29, 0.717) is 0 Å². The number of hydrogen-bond donors (Lipinski definition) is 2. The summed E-state index contributed by atoms with van der Waals surface area (Å²) in [4.78, 5) is 1.98. The van der Waals surface area contributed by atoms with Gasteiger partial charge >= 0.3 is 0 Å². The molecule has 1 aliphatic rings. The number of hydrogen-bond acceptors (Lipinski definition) is 2. The first-order valence-corrected chi connectivity index (χ1v) is 4.99. The van der Waals surface area contributed by atoms with E-state index in [9.17, 15) is 0 Å². The predicted molar refractivity (Wildman–Crippen MR) is 64.3 cm³/mol. The van der Waals surface area contributed by atoms with Crippen molar-refractivity contribution < 1.29 is 0 Å². The summed E-state index contributed by atoms with van der Waals surface area (Å²) in [5, 5.41) is 0. The number of fused-ring (bicyclic) bond motifs is 1. The highest BCUT2D eigenvalue weighted by molar-refractivity contribution is 7.90. The van der Waals surface area contributed by atoms with Gasteiger partial charge in [-0.05, 0) is 23.6 Å². The largest absolute Gasteiger partial charge is 0.143 e. The Morgan fingerprint density at radius 2 is 2.00 bits per heavy atom. The lowest BCUT2D eigenvalue weighted by atomic mass is 9.93. The summed E-state index contributed by atoms with van der Waals surface area (Å²) >= 11 is 8.83. The Morgan fingerprint density at radius 3 is 2.69 bits per heavy atom. The predicted octanol–water partition coefficient (Wildman–Crippen LogP) is 3.66. The summed E-state index contributed by atoms with van der Waals surface area (Å²) in [6, 6.07) is 6.05. The summed E-state index contributed by atoms with van der Waals surface area (Å²) < 4.78 is 0. The quantitative estimate of drug-likeness (QED) is 0.595. The molecule has 0 aromatic heterocycles. The minimum Gasteiger partial charge on any atom is -0.143 e. The third-order valence-electron chi connectivity index (χ3n) is 2.22. The van der Waals surface area contributed by atoms with Gasteiger partial charge in [-0.1, -0.05) is 24.8 Å². The van der Waals surface area contributed by atoms with Crippen LogP contribution in [0, 0.1) is 0 Å². The van der Waals surface area contributed by atoms with E-state index in [1.807, 2.05) is 12.1 Å². The SMILES string of the molecule is C=C1CC=C(S)c2c(S)cccc21. The van der Waals surface area contributed by atoms with Gasteiger partial charge in [0.1, 0.15) is 0 Å². The van der Waals surface area contributed by atoms with Crippen LogP contribution in [0.1, 0.15) is 17.5 Å². The Kier molecular flexibility index (Phi) is 2.26. The van der Waals surface area contributed by atoms with Gasteiger partial charge in [-0.3, -0.25) is 0 Å². The molecule has 1 aliphatic carbocycles. The Balaban J connectivity index is 2.73. The maximum Gasteiger partial charge on any atom is 0.0130 e. The van der Waals surface area contributed by atoms with Gasteiger partial charge in [-0.2, -0.15) is 0 Å². The van der Waals surface area contributed by atoms with Gasteiger partial charge < -0.3 is 0 Å². The highest BCUT2D eigenvalue weighted by atomic mass is 32.1. The Labute approximate surface area is 89.2 Å². The van der Waals surface area contributed by atoms with E-state index in [-0.39, 0.29) is 0 Å². The summed E-state index contributed by atoms with van der Waals surface area (Å²) in [6.45, 7) is 4.02. The molecule has 0 amide bonds. The zero-order valence-corrected chi connectivity index (χ0v) is 8.91. The molecule has 0 bridgehead atoms. The van der Waals surface area contributed by atoms with Crippen LogP contribution in [0.25, 0.3) is 10.5 Å². The van der Waals surface area contributed by atoms with Crippen molar-refractivity contribution in [1.82, 2.24) is 0 Å². The molecule has 0 N–H and O–H groups in total. The molecular weight excluding hydrogens is 196 g/mol. The van der Waals surface area contributed by atoms with Crippen molar-refractivity contribution in [2.45, 2.75) is 11.3 Å². The van der Waals surface area contributed by atoms with E-state index in [2.05, 4.69) is 44.0 Å². The van der Waals surface area contributed by atoms with Gasteiger partial charge in [0, 0.05) is 15.4 Å². The normalized spacial score (nSPS) is 15.2. The van der Waals surface area contributed by atoms with Crippen LogP contribution in [-0.4, -0.2) is 0 Å². The van der Waals surface area contributed by atoms with Gasteiger partial charge in [0.15, 0.2) is 0 Å². The van der Waals surface area contributed by atoms with Gasteiger partial charge in [0.25, 0.3) is 0 Å². The fourth-order valence-electron chi connectivity index (χ4n) is 1.54. The summed E-state index contributed by atoms with van der Waals surface area (Å²) in [6.07, 6.45) is 2.97. The molecule has 0 radical (unpaired) electrons. The number of thiol groups is 2. The maximum atomic E-state index is 4.42. The molecule has 66 valence electrons. The second kappa shape index (κ2) is 3.28. The molecule has 0 atom stereocenters. The second-order valence-corrected chi connectivity index (χ2v) is 4.06. The van der Waals surface area contributed by atoms with E-state index in [0.717, 1.165) is 27.4 Å². The molecule has 1 aromatic carbocycles. The van der Waals surface area contributed by atoms with Gasteiger partial charge in [0.05, 0.1) is 0 Å². The first-order valence-electron chi connectivity index (χ1n) is 4.10. The number of allylic oxidation sites excluding steroid dienone is 2. The van der Waals surface area contributed by atoms with Crippen LogP contribution in [0.3, 0.4) is 0 Å². The molecule has 2 heteroatoms. The highest BCUT2D eigenvalue weighted by Crippen LogP contribution is 2.37. The fraction of sp³-hybridized carbons (Fsp3) is 0.0909. The number of rotatable bonds is 0. The molecule has 0 nitrogen and oxygen atoms in total. The summed E-state index contributed by atoms with van der Waals surface area (Å²) in [7, 11) is 0. The molecule has 0 fully saturated rings. The van der Waals surface area contributed by atoms with E-state index in [1.54, 1.807) is 0 Å². The van der Waals surface area contributed by atoms with Crippen LogP contribution >= 0.6 is 25.3 Å². The third-order valence-corrected chi connectivity index (χ3v) is 3.00. The molecular formula is C11H10S2. The van der Waals surface area contributed by atoms with E-state index >= 15 is 0 Å². The molecule has 0 unspecified atom stereocenters. The molecule has 0 saturated carbocycles. The van der Waals surface area contributed by atoms with Crippen molar-refractivity contribution in [1.29, 1.82) is 0 Å². The van der Waals surface area contributed by atoms with Crippen molar-refractivity contribution in [2.75, 3.05) is 0 Å². The first kappa shape index (κ1) is 8.97. The Morgan fingerprint density at radius 1 is 1.23 bits per heavy atom. The van der Waals surface area contributed by atoms with E-state index in [4.69, 9.17) is 0 Å². The van der Waals surface area contributed by atoms with Crippen LogP contribution in [0.15, 0.2) is 35.7 Å². The van der Waals surface area contributed by atoms with Crippen molar-refractivity contribution in [3.8, 4) is 0 Å². The van der Waals surface area contributed by atoms with E-state index in [1.165, 1.54) is 5.56 Å². The van der Waals surface area contributed by atoms with E-state index < -0.39 is 0 Å². The zero-order chi connectivity index (χ0) is 9.42. The van der Waals surface area contributed by atoms with Crippen molar-refractivity contribution >= 4 is 35.7 Å². The summed E-state index contributed by atoms with van der Waals surface area (Å²) in [5.74, 6) is 0. The lowest BCUT2D eigenvalue weighted by Gasteiger charge is -2.17. The van der Waals surface area contributed by atoms with Crippen LogP contribution in [0.2, 0.25) is 0 Å². The third kappa shape index (κ3) is 1.45. The topological polar surface area (TPSA) is 0 Å².